The smallest absolute Gasteiger partial charge is 0.270 e. The van der Waals surface area contributed by atoms with Crippen LogP contribution in [0.4, 0.5) is 5.69 Å². The lowest BCUT2D eigenvalue weighted by Crippen LogP contribution is -2.27. The van der Waals surface area contributed by atoms with E-state index in [0.29, 0.717) is 5.15 Å². The first kappa shape index (κ1) is 18.4. The van der Waals surface area contributed by atoms with Crippen molar-refractivity contribution in [2.75, 3.05) is 5.32 Å². The molecule has 142 valence electrons. The summed E-state index contributed by atoms with van der Waals surface area (Å²) in [7, 11) is 0. The Labute approximate surface area is 168 Å². The van der Waals surface area contributed by atoms with Crippen molar-refractivity contribution < 1.29 is 9.59 Å². The Hall–Kier alpha value is -2.92. The van der Waals surface area contributed by atoms with E-state index < -0.39 is 0 Å². The molecule has 1 saturated carbocycles. The lowest BCUT2D eigenvalue weighted by molar-refractivity contribution is -0.117. The predicted octanol–water partition coefficient (Wildman–Crippen LogP) is 4.73. The van der Waals surface area contributed by atoms with Crippen molar-refractivity contribution in [2.24, 2.45) is 5.92 Å². The minimum Gasteiger partial charge on any atom is -0.344 e. The van der Waals surface area contributed by atoms with Gasteiger partial charge in [0, 0.05) is 17.0 Å². The molecule has 28 heavy (non-hydrogen) atoms. The molecule has 5 nitrogen and oxygen atoms in total. The molecular weight excluding hydrogens is 374 g/mol. The van der Waals surface area contributed by atoms with E-state index in [1.165, 1.54) is 0 Å². The monoisotopic (exact) mass is 393 g/mol. The molecule has 4 rings (SSSR count). The zero-order valence-corrected chi connectivity index (χ0v) is 16.2. The predicted molar refractivity (Wildman–Crippen MR) is 110 cm³/mol. The second-order valence-electron chi connectivity index (χ2n) is 7.10. The van der Waals surface area contributed by atoms with Gasteiger partial charge in [-0.1, -0.05) is 48.0 Å². The number of rotatable bonds is 5. The molecule has 0 aliphatic heterocycles. The molecule has 1 aliphatic carbocycles. The number of halogens is 1. The number of carbonyl (C=O) groups is 2. The van der Waals surface area contributed by atoms with Crippen LogP contribution < -0.4 is 10.6 Å². The Morgan fingerprint density at radius 1 is 1.11 bits per heavy atom. The maximum absolute atomic E-state index is 12.6. The van der Waals surface area contributed by atoms with Gasteiger partial charge in [-0.05, 0) is 48.9 Å². The van der Waals surface area contributed by atoms with Crippen LogP contribution in [0.3, 0.4) is 0 Å². The minimum atomic E-state index is -0.286. The molecule has 1 unspecified atom stereocenters. The van der Waals surface area contributed by atoms with E-state index in [-0.39, 0.29) is 29.5 Å². The minimum absolute atomic E-state index is 0.0772. The number of nitrogens with zero attached hydrogens (tertiary/aromatic N) is 1. The molecular formula is C22H20ClN3O2. The maximum atomic E-state index is 12.6. The number of pyridine rings is 1. The number of hydrogen-bond acceptors (Lipinski definition) is 3. The van der Waals surface area contributed by atoms with E-state index in [0.717, 1.165) is 34.9 Å². The summed E-state index contributed by atoms with van der Waals surface area (Å²) in [5.74, 6) is -0.0428. The number of anilines is 1. The van der Waals surface area contributed by atoms with Crippen molar-refractivity contribution in [3.05, 3.63) is 71.0 Å². The van der Waals surface area contributed by atoms with E-state index >= 15 is 0 Å². The maximum Gasteiger partial charge on any atom is 0.270 e. The Kier molecular flexibility index (Phi) is 5.01. The van der Waals surface area contributed by atoms with Gasteiger partial charge in [0.2, 0.25) is 5.91 Å². The molecule has 3 aromatic rings. The van der Waals surface area contributed by atoms with Crippen molar-refractivity contribution >= 4 is 39.9 Å². The number of carbonyl (C=O) groups excluding carboxylic acids is 2. The highest BCUT2D eigenvalue weighted by atomic mass is 35.5. The number of aromatic nitrogens is 1. The SMILES string of the molecule is CC(NC(=O)c1cc2ccccc2c(Cl)n1)c1ccc(NC(=O)C2CC2)cc1. The van der Waals surface area contributed by atoms with Crippen LogP contribution >= 0.6 is 11.6 Å². The van der Waals surface area contributed by atoms with E-state index in [1.807, 2.05) is 55.5 Å². The van der Waals surface area contributed by atoms with Crippen LogP contribution in [0.5, 0.6) is 0 Å². The summed E-state index contributed by atoms with van der Waals surface area (Å²) >= 11 is 6.22. The summed E-state index contributed by atoms with van der Waals surface area (Å²) < 4.78 is 0. The number of benzene rings is 2. The van der Waals surface area contributed by atoms with Gasteiger partial charge in [0.1, 0.15) is 10.8 Å². The molecule has 1 aromatic heterocycles. The van der Waals surface area contributed by atoms with Crippen LogP contribution in [0.2, 0.25) is 5.15 Å². The van der Waals surface area contributed by atoms with E-state index in [4.69, 9.17) is 11.6 Å². The van der Waals surface area contributed by atoms with Gasteiger partial charge in [0.15, 0.2) is 0 Å². The molecule has 1 atom stereocenters. The first-order valence-electron chi connectivity index (χ1n) is 9.28. The van der Waals surface area contributed by atoms with Crippen LogP contribution in [0.1, 0.15) is 41.9 Å². The molecule has 2 amide bonds. The van der Waals surface area contributed by atoms with E-state index in [2.05, 4.69) is 15.6 Å². The molecule has 1 fully saturated rings. The fraction of sp³-hybridized carbons (Fsp3) is 0.227. The van der Waals surface area contributed by atoms with Crippen molar-refractivity contribution in [2.45, 2.75) is 25.8 Å². The first-order valence-corrected chi connectivity index (χ1v) is 9.66. The fourth-order valence-corrected chi connectivity index (χ4v) is 3.33. The van der Waals surface area contributed by atoms with Gasteiger partial charge in [-0.15, -0.1) is 0 Å². The number of nitrogens with one attached hydrogen (secondary N) is 2. The van der Waals surface area contributed by atoms with Crippen LogP contribution in [-0.2, 0) is 4.79 Å². The quantitative estimate of drug-likeness (QED) is 0.615. The van der Waals surface area contributed by atoms with Gasteiger partial charge in [-0.3, -0.25) is 9.59 Å². The molecule has 0 spiro atoms. The zero-order valence-electron chi connectivity index (χ0n) is 15.4. The average molecular weight is 394 g/mol. The molecule has 1 heterocycles. The molecule has 0 bridgehead atoms. The molecule has 0 radical (unpaired) electrons. The summed E-state index contributed by atoms with van der Waals surface area (Å²) in [4.78, 5) is 28.7. The highest BCUT2D eigenvalue weighted by molar-refractivity contribution is 6.34. The Bertz CT molecular complexity index is 1050. The van der Waals surface area contributed by atoms with Gasteiger partial charge in [-0.25, -0.2) is 4.98 Å². The van der Waals surface area contributed by atoms with E-state index in [9.17, 15) is 9.59 Å². The summed E-state index contributed by atoms with van der Waals surface area (Å²) in [5, 5.41) is 7.85. The highest BCUT2D eigenvalue weighted by Gasteiger charge is 2.29. The number of hydrogen-bond donors (Lipinski definition) is 2. The topological polar surface area (TPSA) is 71.1 Å². The lowest BCUT2D eigenvalue weighted by Gasteiger charge is -2.15. The summed E-state index contributed by atoms with van der Waals surface area (Å²) in [6.45, 7) is 1.90. The Balaban J connectivity index is 1.44. The average Bonchev–Trinajstić information content (AvgIpc) is 3.54. The van der Waals surface area contributed by atoms with Gasteiger partial charge in [0.05, 0.1) is 6.04 Å². The third kappa shape index (κ3) is 3.99. The first-order chi connectivity index (χ1) is 13.5. The van der Waals surface area contributed by atoms with Crippen molar-refractivity contribution in [3.8, 4) is 0 Å². The zero-order chi connectivity index (χ0) is 19.7. The fourth-order valence-electron chi connectivity index (χ4n) is 3.07. The van der Waals surface area contributed by atoms with Crippen LogP contribution in [0.25, 0.3) is 10.8 Å². The van der Waals surface area contributed by atoms with Gasteiger partial charge in [0.25, 0.3) is 5.91 Å². The number of amides is 2. The number of fused-ring (bicyclic) bond motifs is 1. The second-order valence-corrected chi connectivity index (χ2v) is 7.46. The molecule has 0 saturated heterocycles. The molecule has 1 aliphatic rings. The van der Waals surface area contributed by atoms with Gasteiger partial charge < -0.3 is 10.6 Å². The second kappa shape index (κ2) is 7.60. The molecule has 6 heteroatoms. The van der Waals surface area contributed by atoms with Crippen LogP contribution in [0.15, 0.2) is 54.6 Å². The third-order valence-electron chi connectivity index (χ3n) is 4.90. The van der Waals surface area contributed by atoms with Crippen LogP contribution in [0, 0.1) is 5.92 Å². The summed E-state index contributed by atoms with van der Waals surface area (Å²) in [6, 6.07) is 16.6. The van der Waals surface area contributed by atoms with E-state index in [1.54, 1.807) is 6.07 Å². The summed E-state index contributed by atoms with van der Waals surface area (Å²) in [5.41, 5.74) is 1.98. The Morgan fingerprint density at radius 3 is 2.54 bits per heavy atom. The molecule has 2 N–H and O–H groups in total. The standard InChI is InChI=1S/C22H20ClN3O2/c1-13(14-8-10-17(11-9-14)25-21(27)15-6-7-15)24-22(28)19-12-16-4-2-3-5-18(16)20(23)26-19/h2-5,8-13,15H,6-7H2,1H3,(H,24,28)(H,25,27). The third-order valence-corrected chi connectivity index (χ3v) is 5.19. The normalized spacial score (nSPS) is 14.5. The van der Waals surface area contributed by atoms with Gasteiger partial charge >= 0.3 is 0 Å². The molecule has 2 aromatic carbocycles. The highest BCUT2D eigenvalue weighted by Crippen LogP contribution is 2.30. The van der Waals surface area contributed by atoms with Crippen LogP contribution in [-0.4, -0.2) is 16.8 Å². The largest absolute Gasteiger partial charge is 0.344 e. The van der Waals surface area contributed by atoms with Gasteiger partial charge in [-0.2, -0.15) is 0 Å². The lowest BCUT2D eigenvalue weighted by atomic mass is 10.1. The van der Waals surface area contributed by atoms with Crippen molar-refractivity contribution in [1.82, 2.24) is 10.3 Å². The van der Waals surface area contributed by atoms with Crippen molar-refractivity contribution in [1.29, 1.82) is 0 Å². The Morgan fingerprint density at radius 2 is 1.82 bits per heavy atom. The van der Waals surface area contributed by atoms with Crippen molar-refractivity contribution in [3.63, 3.8) is 0 Å². The summed E-state index contributed by atoms with van der Waals surface area (Å²) in [6.07, 6.45) is 1.94.